The fourth-order valence-electron chi connectivity index (χ4n) is 3.16. The van der Waals surface area contributed by atoms with Crippen molar-refractivity contribution in [1.82, 2.24) is 19.7 Å². The van der Waals surface area contributed by atoms with Crippen molar-refractivity contribution in [3.05, 3.63) is 36.2 Å². The summed E-state index contributed by atoms with van der Waals surface area (Å²) in [5.41, 5.74) is 3.36. The minimum absolute atomic E-state index is 0.348. The number of aromatic nitrogens is 3. The largest absolute Gasteiger partial charge is 0.306 e. The first kappa shape index (κ1) is 14.3. The van der Waals surface area contributed by atoms with Gasteiger partial charge in [0.2, 0.25) is 0 Å². The molecule has 21 heavy (non-hydrogen) atoms. The first-order valence-corrected chi connectivity index (χ1v) is 7.84. The number of pyridine rings is 1. The Balaban J connectivity index is 1.91. The summed E-state index contributed by atoms with van der Waals surface area (Å²) in [5, 5.41) is 4.41. The second kappa shape index (κ2) is 5.98. The molecule has 0 spiro atoms. The molecule has 4 heteroatoms. The lowest BCUT2D eigenvalue weighted by atomic mass is 9.94. The van der Waals surface area contributed by atoms with Crippen LogP contribution in [-0.4, -0.2) is 39.8 Å². The highest BCUT2D eigenvalue weighted by molar-refractivity contribution is 5.54. The summed E-state index contributed by atoms with van der Waals surface area (Å²) in [6.45, 7) is 6.61. The minimum Gasteiger partial charge on any atom is -0.306 e. The molecular formula is C17H24N4. The van der Waals surface area contributed by atoms with Gasteiger partial charge in [-0.2, -0.15) is 5.10 Å². The lowest BCUT2D eigenvalue weighted by Gasteiger charge is -2.29. The zero-order valence-electron chi connectivity index (χ0n) is 13.2. The van der Waals surface area contributed by atoms with Crippen molar-refractivity contribution in [1.29, 1.82) is 0 Å². The second-order valence-electron chi connectivity index (χ2n) is 6.30. The van der Waals surface area contributed by atoms with E-state index in [1.807, 2.05) is 10.9 Å². The summed E-state index contributed by atoms with van der Waals surface area (Å²) in [7, 11) is 2.20. The molecule has 0 aliphatic carbocycles. The lowest BCUT2D eigenvalue weighted by molar-refractivity contribution is 0.248. The Bertz CT molecular complexity index is 602. The van der Waals surface area contributed by atoms with Crippen LogP contribution in [0.2, 0.25) is 0 Å². The number of hydrogen-bond donors (Lipinski definition) is 0. The van der Waals surface area contributed by atoms with Gasteiger partial charge < -0.3 is 4.90 Å². The van der Waals surface area contributed by atoms with Crippen molar-refractivity contribution in [3.8, 4) is 11.4 Å². The van der Waals surface area contributed by atoms with E-state index in [1.165, 1.54) is 25.1 Å². The van der Waals surface area contributed by atoms with Gasteiger partial charge in [0.25, 0.3) is 0 Å². The fourth-order valence-corrected chi connectivity index (χ4v) is 3.16. The summed E-state index contributed by atoms with van der Waals surface area (Å²) < 4.78 is 2.04. The quantitative estimate of drug-likeness (QED) is 0.867. The van der Waals surface area contributed by atoms with Crippen LogP contribution in [0.1, 0.15) is 44.3 Å². The predicted molar refractivity (Wildman–Crippen MR) is 85.3 cm³/mol. The zero-order valence-corrected chi connectivity index (χ0v) is 13.2. The van der Waals surface area contributed by atoms with E-state index in [0.717, 1.165) is 17.9 Å². The number of piperidine rings is 1. The van der Waals surface area contributed by atoms with Crippen LogP contribution in [-0.2, 0) is 0 Å². The number of rotatable bonds is 3. The molecule has 1 aliphatic heterocycles. The Morgan fingerprint density at radius 3 is 2.86 bits per heavy atom. The Labute approximate surface area is 126 Å². The van der Waals surface area contributed by atoms with E-state index in [2.05, 4.69) is 55.2 Å². The average molecular weight is 284 g/mol. The van der Waals surface area contributed by atoms with Crippen LogP contribution in [0, 0.1) is 0 Å². The van der Waals surface area contributed by atoms with E-state index >= 15 is 0 Å². The van der Waals surface area contributed by atoms with Gasteiger partial charge in [0.15, 0.2) is 0 Å². The molecule has 3 rings (SSSR count). The molecule has 0 unspecified atom stereocenters. The molecule has 112 valence electrons. The highest BCUT2D eigenvalue weighted by atomic mass is 15.3. The van der Waals surface area contributed by atoms with E-state index in [9.17, 15) is 0 Å². The molecule has 3 heterocycles. The summed E-state index contributed by atoms with van der Waals surface area (Å²) in [6.07, 6.45) is 4.36. The van der Waals surface area contributed by atoms with Crippen LogP contribution in [0.4, 0.5) is 0 Å². The third-order valence-corrected chi connectivity index (χ3v) is 4.24. The zero-order chi connectivity index (χ0) is 14.8. The van der Waals surface area contributed by atoms with Gasteiger partial charge in [0.05, 0.1) is 11.4 Å². The van der Waals surface area contributed by atoms with Crippen molar-refractivity contribution >= 4 is 0 Å². The lowest BCUT2D eigenvalue weighted by Crippen LogP contribution is -2.31. The Kier molecular flexibility index (Phi) is 4.06. The molecule has 0 amide bonds. The molecule has 0 radical (unpaired) electrons. The number of nitrogens with zero attached hydrogens (tertiary/aromatic N) is 4. The van der Waals surface area contributed by atoms with Crippen LogP contribution in [0.3, 0.4) is 0 Å². The van der Waals surface area contributed by atoms with Crippen LogP contribution in [0.25, 0.3) is 11.4 Å². The molecule has 1 fully saturated rings. The van der Waals surface area contributed by atoms with Gasteiger partial charge in [-0.15, -0.1) is 0 Å². The Morgan fingerprint density at radius 1 is 1.24 bits per heavy atom. The number of hydrogen-bond acceptors (Lipinski definition) is 3. The molecule has 2 aromatic heterocycles. The van der Waals surface area contributed by atoms with Gasteiger partial charge in [-0.3, -0.25) is 9.67 Å². The maximum atomic E-state index is 4.93. The maximum Gasteiger partial charge on any atom is 0.0886 e. The Morgan fingerprint density at radius 2 is 2.10 bits per heavy atom. The van der Waals surface area contributed by atoms with Gasteiger partial charge in [-0.1, -0.05) is 6.07 Å². The molecule has 0 N–H and O–H groups in total. The van der Waals surface area contributed by atoms with Gasteiger partial charge in [-0.25, -0.2) is 0 Å². The molecule has 1 aliphatic rings. The molecule has 0 aromatic carbocycles. The van der Waals surface area contributed by atoms with Gasteiger partial charge in [-0.05, 0) is 58.5 Å². The summed E-state index contributed by atoms with van der Waals surface area (Å²) in [5.74, 6) is 0.555. The first-order chi connectivity index (χ1) is 10.1. The highest BCUT2D eigenvalue weighted by Gasteiger charge is 2.20. The van der Waals surface area contributed by atoms with Crippen molar-refractivity contribution in [2.75, 3.05) is 20.1 Å². The topological polar surface area (TPSA) is 34.0 Å². The van der Waals surface area contributed by atoms with Crippen LogP contribution in [0.15, 0.2) is 30.5 Å². The second-order valence-corrected chi connectivity index (χ2v) is 6.30. The van der Waals surface area contributed by atoms with E-state index in [4.69, 9.17) is 4.98 Å². The average Bonchev–Trinajstić information content (AvgIpc) is 2.97. The van der Waals surface area contributed by atoms with Gasteiger partial charge in [0.1, 0.15) is 0 Å². The van der Waals surface area contributed by atoms with Crippen molar-refractivity contribution < 1.29 is 0 Å². The normalized spacial score (nSPS) is 20.1. The van der Waals surface area contributed by atoms with Crippen molar-refractivity contribution in [2.24, 2.45) is 0 Å². The third-order valence-electron chi connectivity index (χ3n) is 4.24. The van der Waals surface area contributed by atoms with Crippen LogP contribution < -0.4 is 0 Å². The smallest absolute Gasteiger partial charge is 0.0886 e. The molecule has 0 bridgehead atoms. The maximum absolute atomic E-state index is 4.93. The van der Waals surface area contributed by atoms with Crippen molar-refractivity contribution in [3.63, 3.8) is 0 Å². The van der Waals surface area contributed by atoms with Gasteiger partial charge in [0, 0.05) is 30.4 Å². The monoisotopic (exact) mass is 284 g/mol. The van der Waals surface area contributed by atoms with Crippen molar-refractivity contribution in [2.45, 2.75) is 38.6 Å². The van der Waals surface area contributed by atoms with E-state index < -0.39 is 0 Å². The summed E-state index contributed by atoms with van der Waals surface area (Å²) in [6, 6.07) is 8.79. The number of likely N-dealkylation sites (tertiary alicyclic amines) is 1. The van der Waals surface area contributed by atoms with Crippen LogP contribution in [0.5, 0.6) is 0 Å². The van der Waals surface area contributed by atoms with Gasteiger partial charge >= 0.3 is 0 Å². The molecule has 2 aromatic rings. The third kappa shape index (κ3) is 3.00. The molecule has 1 saturated heterocycles. The SMILES string of the molecule is CC(C)n1nccc1-c1cccc([C@@H]2CCCN(C)C2)n1. The minimum atomic E-state index is 0.348. The Hall–Kier alpha value is -1.68. The predicted octanol–water partition coefficient (Wildman–Crippen LogP) is 3.34. The molecule has 4 nitrogen and oxygen atoms in total. The first-order valence-electron chi connectivity index (χ1n) is 7.84. The van der Waals surface area contributed by atoms with Crippen LogP contribution >= 0.6 is 0 Å². The van der Waals surface area contributed by atoms with E-state index in [1.54, 1.807) is 0 Å². The molecule has 1 atom stereocenters. The number of likely N-dealkylation sites (N-methyl/N-ethyl adjacent to an activating group) is 1. The fraction of sp³-hybridized carbons (Fsp3) is 0.529. The molecular weight excluding hydrogens is 260 g/mol. The van der Waals surface area contributed by atoms with E-state index in [0.29, 0.717) is 12.0 Å². The highest BCUT2D eigenvalue weighted by Crippen LogP contribution is 2.27. The standard InChI is InChI=1S/C17H24N4/c1-13(2)21-17(9-10-18-21)16-8-4-7-15(19-16)14-6-5-11-20(3)12-14/h4,7-10,13-14H,5-6,11-12H2,1-3H3/t14-/m1/s1. The molecule has 0 saturated carbocycles. The van der Waals surface area contributed by atoms with E-state index in [-0.39, 0.29) is 0 Å². The summed E-state index contributed by atoms with van der Waals surface area (Å²) in [4.78, 5) is 7.33. The summed E-state index contributed by atoms with van der Waals surface area (Å²) >= 11 is 0.